The number of hydrogen-bond donors (Lipinski definition) is 2. The number of amides is 1. The number of aliphatic hydroxyl groups is 1. The zero-order chi connectivity index (χ0) is 21.4. The van der Waals surface area contributed by atoms with E-state index in [2.05, 4.69) is 5.43 Å². The lowest BCUT2D eigenvalue weighted by Gasteiger charge is -2.40. The van der Waals surface area contributed by atoms with Gasteiger partial charge in [-0.25, -0.2) is 4.39 Å². The number of hydrazine groups is 1. The van der Waals surface area contributed by atoms with E-state index in [1.54, 1.807) is 11.2 Å². The summed E-state index contributed by atoms with van der Waals surface area (Å²) in [6.07, 6.45) is -0.793. The minimum atomic E-state index is -5.05. The van der Waals surface area contributed by atoms with Crippen LogP contribution >= 0.6 is 0 Å². The second-order valence-electron chi connectivity index (χ2n) is 7.33. The third-order valence-corrected chi connectivity index (χ3v) is 5.42. The second-order valence-corrected chi connectivity index (χ2v) is 7.33. The predicted molar refractivity (Wildman–Crippen MR) is 95.6 cm³/mol. The number of halogens is 4. The van der Waals surface area contributed by atoms with E-state index in [0.29, 0.717) is 19.8 Å². The SMILES string of the molecule is C[C@@](O)(C(=O)N1CCC(C2C=CNN2c2ccc(C#N)cc2F)CC1)C(F)(F)F. The molecule has 3 rings (SSSR count). The Morgan fingerprint density at radius 2 is 1.97 bits per heavy atom. The largest absolute Gasteiger partial charge is 0.426 e. The van der Waals surface area contributed by atoms with Gasteiger partial charge < -0.3 is 15.4 Å². The van der Waals surface area contributed by atoms with Crippen LogP contribution in [-0.4, -0.2) is 46.8 Å². The molecule has 10 heteroatoms. The van der Waals surface area contributed by atoms with Crippen LogP contribution in [0.1, 0.15) is 25.3 Å². The molecule has 2 N–H and O–H groups in total. The summed E-state index contributed by atoms with van der Waals surface area (Å²) in [5.74, 6) is -1.98. The Bertz CT molecular complexity index is 855. The van der Waals surface area contributed by atoms with Crippen LogP contribution in [-0.2, 0) is 4.79 Å². The lowest BCUT2D eigenvalue weighted by atomic mass is 9.88. The standard InChI is InChI=1S/C19H20F4N4O2/c1-18(29,19(21,22)23)17(28)26-8-5-13(6-9-26)15-4-7-25-27(15)16-3-2-12(11-24)10-14(16)20/h2-4,7,10,13,15,25,29H,5-6,8-9H2,1H3/t15?,18-/m1/s1. The molecule has 0 bridgehead atoms. The number of piperidine rings is 1. The Balaban J connectivity index is 1.68. The minimum Gasteiger partial charge on any atom is -0.373 e. The van der Waals surface area contributed by atoms with Gasteiger partial charge in [0.05, 0.1) is 23.4 Å². The van der Waals surface area contributed by atoms with Gasteiger partial charge in [-0.05, 0) is 50.0 Å². The molecule has 2 aliphatic rings. The molecule has 2 atom stereocenters. The van der Waals surface area contributed by atoms with Crippen molar-refractivity contribution in [3.63, 3.8) is 0 Å². The molecule has 29 heavy (non-hydrogen) atoms. The van der Waals surface area contributed by atoms with Crippen molar-refractivity contribution in [1.82, 2.24) is 10.3 Å². The molecule has 0 radical (unpaired) electrons. The van der Waals surface area contributed by atoms with Gasteiger partial charge in [0.2, 0.25) is 5.60 Å². The molecular weight excluding hydrogens is 392 g/mol. The van der Waals surface area contributed by atoms with Crippen molar-refractivity contribution >= 4 is 11.6 Å². The topological polar surface area (TPSA) is 79.6 Å². The van der Waals surface area contributed by atoms with Crippen LogP contribution in [0.3, 0.4) is 0 Å². The fourth-order valence-corrected chi connectivity index (χ4v) is 3.64. The first-order valence-corrected chi connectivity index (χ1v) is 9.06. The van der Waals surface area contributed by atoms with Crippen LogP contribution in [0.25, 0.3) is 0 Å². The van der Waals surface area contributed by atoms with Gasteiger partial charge in [0.25, 0.3) is 5.91 Å². The summed E-state index contributed by atoms with van der Waals surface area (Å²) in [6.45, 7) is 0.577. The van der Waals surface area contributed by atoms with Gasteiger partial charge in [0, 0.05) is 19.3 Å². The predicted octanol–water partition coefficient (Wildman–Crippen LogP) is 2.46. The van der Waals surface area contributed by atoms with Gasteiger partial charge >= 0.3 is 6.18 Å². The zero-order valence-corrected chi connectivity index (χ0v) is 15.6. The lowest BCUT2D eigenvalue weighted by Crippen LogP contribution is -2.58. The van der Waals surface area contributed by atoms with Crippen molar-refractivity contribution in [3.8, 4) is 6.07 Å². The number of nitriles is 1. The van der Waals surface area contributed by atoms with Crippen LogP contribution in [0.5, 0.6) is 0 Å². The Kier molecular flexibility index (Phi) is 5.45. The lowest BCUT2D eigenvalue weighted by molar-refractivity contribution is -0.250. The van der Waals surface area contributed by atoms with E-state index in [0.717, 1.165) is 11.0 Å². The van der Waals surface area contributed by atoms with E-state index in [-0.39, 0.29) is 36.3 Å². The molecule has 1 saturated heterocycles. The van der Waals surface area contributed by atoms with E-state index in [1.807, 2.05) is 12.1 Å². The van der Waals surface area contributed by atoms with Crippen molar-refractivity contribution in [1.29, 1.82) is 5.26 Å². The van der Waals surface area contributed by atoms with E-state index >= 15 is 0 Å². The summed E-state index contributed by atoms with van der Waals surface area (Å²) in [7, 11) is 0. The molecule has 156 valence electrons. The highest BCUT2D eigenvalue weighted by Crippen LogP contribution is 2.35. The van der Waals surface area contributed by atoms with Crippen molar-refractivity contribution in [2.45, 2.75) is 37.6 Å². The van der Waals surface area contributed by atoms with Crippen molar-refractivity contribution < 1.29 is 27.5 Å². The normalized spacial score (nSPS) is 22.2. The van der Waals surface area contributed by atoms with Gasteiger partial charge in [-0.1, -0.05) is 0 Å². The fraction of sp³-hybridized carbons (Fsp3) is 0.474. The molecule has 1 amide bonds. The van der Waals surface area contributed by atoms with Gasteiger partial charge in [0.15, 0.2) is 0 Å². The molecule has 1 unspecified atom stereocenters. The number of anilines is 1. The highest BCUT2D eigenvalue weighted by atomic mass is 19.4. The van der Waals surface area contributed by atoms with Gasteiger partial charge in [-0.2, -0.15) is 18.4 Å². The maximum Gasteiger partial charge on any atom is 0.426 e. The van der Waals surface area contributed by atoms with Crippen LogP contribution in [0, 0.1) is 23.1 Å². The van der Waals surface area contributed by atoms with Crippen molar-refractivity contribution in [2.75, 3.05) is 18.1 Å². The number of rotatable bonds is 3. The smallest absolute Gasteiger partial charge is 0.373 e. The highest BCUT2D eigenvalue weighted by Gasteiger charge is 2.57. The summed E-state index contributed by atoms with van der Waals surface area (Å²) >= 11 is 0. The average Bonchev–Trinajstić information content (AvgIpc) is 3.16. The molecule has 0 aromatic heterocycles. The Morgan fingerprint density at radius 1 is 1.31 bits per heavy atom. The van der Waals surface area contributed by atoms with E-state index in [1.165, 1.54) is 12.1 Å². The number of likely N-dealkylation sites (tertiary alicyclic amines) is 1. The van der Waals surface area contributed by atoms with Crippen LogP contribution in [0.2, 0.25) is 0 Å². The number of nitrogens with one attached hydrogen (secondary N) is 1. The van der Waals surface area contributed by atoms with E-state index in [9.17, 15) is 27.5 Å². The zero-order valence-electron chi connectivity index (χ0n) is 15.6. The molecule has 1 aromatic rings. The van der Waals surface area contributed by atoms with Gasteiger partial charge in [0.1, 0.15) is 5.82 Å². The highest BCUT2D eigenvalue weighted by molar-refractivity contribution is 5.85. The molecule has 0 saturated carbocycles. The maximum absolute atomic E-state index is 14.4. The quantitative estimate of drug-likeness (QED) is 0.746. The molecule has 2 aliphatic heterocycles. The van der Waals surface area contributed by atoms with Crippen LogP contribution in [0.4, 0.5) is 23.2 Å². The molecule has 6 nitrogen and oxygen atoms in total. The molecule has 1 fully saturated rings. The van der Waals surface area contributed by atoms with Gasteiger partial charge in [-0.15, -0.1) is 0 Å². The first kappa shape index (κ1) is 20.9. The summed E-state index contributed by atoms with van der Waals surface area (Å²) in [5, 5.41) is 20.1. The summed E-state index contributed by atoms with van der Waals surface area (Å²) in [6, 6.07) is 5.71. The first-order chi connectivity index (χ1) is 13.6. The minimum absolute atomic E-state index is 0.0452. The molecule has 1 aromatic carbocycles. The summed E-state index contributed by atoms with van der Waals surface area (Å²) < 4.78 is 53.1. The monoisotopic (exact) mass is 412 g/mol. The fourth-order valence-electron chi connectivity index (χ4n) is 3.64. The molecule has 2 heterocycles. The first-order valence-electron chi connectivity index (χ1n) is 9.06. The van der Waals surface area contributed by atoms with Crippen LogP contribution in [0.15, 0.2) is 30.5 Å². The molecule has 0 aliphatic carbocycles. The number of hydrogen-bond acceptors (Lipinski definition) is 5. The number of benzene rings is 1. The number of alkyl halides is 3. The summed E-state index contributed by atoms with van der Waals surface area (Å²) in [5.41, 5.74) is -0.0463. The number of nitrogens with zero attached hydrogens (tertiary/aromatic N) is 3. The van der Waals surface area contributed by atoms with Crippen molar-refractivity contribution in [3.05, 3.63) is 41.9 Å². The third kappa shape index (κ3) is 3.87. The maximum atomic E-state index is 14.4. The Labute approximate surface area is 165 Å². The summed E-state index contributed by atoms with van der Waals surface area (Å²) in [4.78, 5) is 13.1. The molecule has 0 spiro atoms. The molecular formula is C19H20F4N4O2. The van der Waals surface area contributed by atoms with Gasteiger partial charge in [-0.3, -0.25) is 9.80 Å². The van der Waals surface area contributed by atoms with E-state index in [4.69, 9.17) is 5.26 Å². The number of carbonyl (C=O) groups is 1. The Hall–Kier alpha value is -2.80. The Morgan fingerprint density at radius 3 is 2.52 bits per heavy atom. The average molecular weight is 412 g/mol. The van der Waals surface area contributed by atoms with E-state index < -0.39 is 23.5 Å². The second kappa shape index (κ2) is 7.55. The van der Waals surface area contributed by atoms with Crippen LogP contribution < -0.4 is 10.4 Å². The number of carbonyl (C=O) groups excluding carboxylic acids is 1. The third-order valence-electron chi connectivity index (χ3n) is 5.42. The van der Waals surface area contributed by atoms with Crippen molar-refractivity contribution in [2.24, 2.45) is 5.92 Å².